The molecular formula is C11H12F11NO2. The summed E-state index contributed by atoms with van der Waals surface area (Å²) in [6.45, 7) is -1.37. The Bertz CT molecular complexity index is 461. The molecule has 0 heterocycles. The third kappa shape index (κ3) is 4.57. The number of nitrogens with one attached hydrogen (secondary N) is 1. The molecule has 0 aliphatic carbocycles. The highest BCUT2D eigenvalue weighted by atomic mass is 19.4. The van der Waals surface area contributed by atoms with E-state index in [-0.39, 0.29) is 6.54 Å². The zero-order valence-corrected chi connectivity index (χ0v) is 12.3. The average molecular weight is 399 g/mol. The summed E-state index contributed by atoms with van der Waals surface area (Å²) in [5.74, 6) is -28.4. The van der Waals surface area contributed by atoms with Crippen molar-refractivity contribution in [2.75, 3.05) is 13.2 Å². The van der Waals surface area contributed by atoms with Gasteiger partial charge in [-0.3, -0.25) is 0 Å². The van der Waals surface area contributed by atoms with Crippen LogP contribution in [0.15, 0.2) is 0 Å². The van der Waals surface area contributed by atoms with E-state index in [1.165, 1.54) is 0 Å². The van der Waals surface area contributed by atoms with Crippen LogP contribution >= 0.6 is 0 Å². The summed E-state index contributed by atoms with van der Waals surface area (Å²) in [6.07, 6.45) is -8.19. The van der Waals surface area contributed by atoms with E-state index in [1.54, 1.807) is 12.2 Å². The molecule has 1 N–H and O–H groups in total. The van der Waals surface area contributed by atoms with Crippen molar-refractivity contribution in [2.45, 2.75) is 49.6 Å². The molecule has 0 atom stereocenters. The number of ether oxygens (including phenoxy) is 1. The molecule has 0 bridgehead atoms. The summed E-state index contributed by atoms with van der Waals surface area (Å²) in [5, 5.41) is 1.75. The van der Waals surface area contributed by atoms with Gasteiger partial charge in [0.2, 0.25) is 0 Å². The van der Waals surface area contributed by atoms with Gasteiger partial charge in [0.05, 0.1) is 0 Å². The lowest BCUT2D eigenvalue weighted by Crippen LogP contribution is -2.67. The van der Waals surface area contributed by atoms with Gasteiger partial charge in [-0.2, -0.15) is 48.3 Å². The molecule has 0 fully saturated rings. The van der Waals surface area contributed by atoms with Crippen LogP contribution in [0.4, 0.5) is 53.1 Å². The zero-order valence-electron chi connectivity index (χ0n) is 12.3. The molecule has 0 aromatic carbocycles. The van der Waals surface area contributed by atoms with Gasteiger partial charge in [0, 0.05) is 6.54 Å². The Morgan fingerprint density at radius 3 is 1.72 bits per heavy atom. The SMILES string of the molecule is CCCCNC(=O)OCC(F)(F)C(F)(F)C(F)(F)C(F)(F)C(F)(F)F. The second-order valence-corrected chi connectivity index (χ2v) is 4.78. The molecule has 0 unspecified atom stereocenters. The number of carbonyl (C=O) groups is 1. The standard InChI is InChI=1S/C11H12F11NO2/c1-2-3-4-23-6(24)25-5-7(12,13)8(14,15)9(16,17)10(18,19)11(20,21)22/h2-5H2,1H3,(H,23,24). The first-order chi connectivity index (χ1) is 11.0. The van der Waals surface area contributed by atoms with Crippen LogP contribution in [0.2, 0.25) is 0 Å². The quantitative estimate of drug-likeness (QED) is 0.478. The number of carbonyl (C=O) groups excluding carboxylic acids is 1. The number of alkyl halides is 11. The summed E-state index contributed by atoms with van der Waals surface area (Å²) in [5.41, 5.74) is 0. The first-order valence-corrected chi connectivity index (χ1v) is 6.44. The Morgan fingerprint density at radius 2 is 1.32 bits per heavy atom. The van der Waals surface area contributed by atoms with Crippen LogP contribution in [0.5, 0.6) is 0 Å². The Morgan fingerprint density at radius 1 is 0.840 bits per heavy atom. The van der Waals surface area contributed by atoms with Crippen molar-refractivity contribution in [3.8, 4) is 0 Å². The molecule has 0 spiro atoms. The molecule has 25 heavy (non-hydrogen) atoms. The normalized spacial score (nSPS) is 14.4. The summed E-state index contributed by atoms with van der Waals surface area (Å²) >= 11 is 0. The second kappa shape index (κ2) is 7.40. The smallest absolute Gasteiger partial charge is 0.443 e. The summed E-state index contributed by atoms with van der Waals surface area (Å²) in [7, 11) is 0. The molecule has 1 amide bonds. The predicted octanol–water partition coefficient (Wildman–Crippen LogP) is 4.62. The van der Waals surface area contributed by atoms with Gasteiger partial charge in [-0.15, -0.1) is 0 Å². The van der Waals surface area contributed by atoms with E-state index in [1.807, 2.05) is 0 Å². The molecule has 0 aromatic rings. The monoisotopic (exact) mass is 399 g/mol. The van der Waals surface area contributed by atoms with E-state index in [9.17, 15) is 53.1 Å². The number of unbranched alkanes of at least 4 members (excludes halogenated alkanes) is 1. The number of hydrogen-bond donors (Lipinski definition) is 1. The Kier molecular flexibility index (Phi) is 6.95. The first-order valence-electron chi connectivity index (χ1n) is 6.44. The highest BCUT2D eigenvalue weighted by molar-refractivity contribution is 5.67. The summed E-state index contributed by atoms with van der Waals surface area (Å²) in [6, 6.07) is 0. The lowest BCUT2D eigenvalue weighted by Gasteiger charge is -2.36. The van der Waals surface area contributed by atoms with Crippen LogP contribution in [-0.2, 0) is 4.74 Å². The molecule has 3 nitrogen and oxygen atoms in total. The molecule has 0 rings (SSSR count). The Hall–Kier alpha value is -1.50. The number of halogens is 11. The minimum absolute atomic E-state index is 0.167. The summed E-state index contributed by atoms with van der Waals surface area (Å²) < 4.78 is 142. The lowest BCUT2D eigenvalue weighted by molar-refractivity contribution is -0.423. The van der Waals surface area contributed by atoms with Gasteiger partial charge in [-0.05, 0) is 6.42 Å². The van der Waals surface area contributed by atoms with Gasteiger partial charge in [0.1, 0.15) is 0 Å². The van der Waals surface area contributed by atoms with Gasteiger partial charge in [0.15, 0.2) is 6.61 Å². The van der Waals surface area contributed by atoms with Crippen molar-refractivity contribution in [1.29, 1.82) is 0 Å². The van der Waals surface area contributed by atoms with Crippen molar-refractivity contribution < 1.29 is 57.8 Å². The Balaban J connectivity index is 5.29. The van der Waals surface area contributed by atoms with Crippen LogP contribution in [-0.4, -0.2) is 49.1 Å². The molecular weight excluding hydrogens is 387 g/mol. The number of amides is 1. The first kappa shape index (κ1) is 23.5. The van der Waals surface area contributed by atoms with Gasteiger partial charge in [-0.1, -0.05) is 13.3 Å². The fourth-order valence-corrected chi connectivity index (χ4v) is 1.27. The van der Waals surface area contributed by atoms with Gasteiger partial charge in [-0.25, -0.2) is 4.79 Å². The molecule has 0 aromatic heterocycles. The minimum Gasteiger partial charge on any atom is -0.443 e. The lowest BCUT2D eigenvalue weighted by atomic mass is 9.98. The summed E-state index contributed by atoms with van der Waals surface area (Å²) in [4.78, 5) is 10.9. The fraction of sp³-hybridized carbons (Fsp3) is 0.909. The number of alkyl carbamates (subject to hydrolysis) is 1. The Labute approximate surface area is 133 Å². The molecule has 0 aliphatic rings. The van der Waals surface area contributed by atoms with Crippen LogP contribution in [0.1, 0.15) is 19.8 Å². The fourth-order valence-electron chi connectivity index (χ4n) is 1.27. The third-order valence-electron chi connectivity index (χ3n) is 2.79. The molecule has 0 aliphatic heterocycles. The van der Waals surface area contributed by atoms with Crippen LogP contribution in [0, 0.1) is 0 Å². The minimum atomic E-state index is -7.51. The van der Waals surface area contributed by atoms with Crippen LogP contribution < -0.4 is 5.32 Å². The maximum Gasteiger partial charge on any atom is 0.460 e. The second-order valence-electron chi connectivity index (χ2n) is 4.78. The van der Waals surface area contributed by atoms with E-state index in [0.29, 0.717) is 12.8 Å². The molecule has 150 valence electrons. The van der Waals surface area contributed by atoms with E-state index in [4.69, 9.17) is 0 Å². The number of rotatable bonds is 8. The van der Waals surface area contributed by atoms with Gasteiger partial charge in [0.25, 0.3) is 0 Å². The predicted molar refractivity (Wildman–Crippen MR) is 60.1 cm³/mol. The topological polar surface area (TPSA) is 38.3 Å². The van der Waals surface area contributed by atoms with Crippen LogP contribution in [0.3, 0.4) is 0 Å². The van der Waals surface area contributed by atoms with Crippen molar-refractivity contribution in [3.63, 3.8) is 0 Å². The maximum atomic E-state index is 13.1. The molecule has 0 radical (unpaired) electrons. The molecule has 14 heteroatoms. The maximum absolute atomic E-state index is 13.1. The van der Waals surface area contributed by atoms with Gasteiger partial charge < -0.3 is 10.1 Å². The van der Waals surface area contributed by atoms with Crippen molar-refractivity contribution >= 4 is 6.09 Å². The third-order valence-corrected chi connectivity index (χ3v) is 2.79. The van der Waals surface area contributed by atoms with Crippen LogP contribution in [0.25, 0.3) is 0 Å². The van der Waals surface area contributed by atoms with E-state index >= 15 is 0 Å². The average Bonchev–Trinajstić information content (AvgIpc) is 2.43. The number of hydrogen-bond acceptors (Lipinski definition) is 2. The van der Waals surface area contributed by atoms with Crippen molar-refractivity contribution in [3.05, 3.63) is 0 Å². The van der Waals surface area contributed by atoms with Crippen molar-refractivity contribution in [2.24, 2.45) is 0 Å². The van der Waals surface area contributed by atoms with E-state index in [2.05, 4.69) is 4.74 Å². The molecule has 0 saturated carbocycles. The largest absolute Gasteiger partial charge is 0.460 e. The molecule has 0 saturated heterocycles. The van der Waals surface area contributed by atoms with E-state index < -0.39 is 42.6 Å². The highest BCUT2D eigenvalue weighted by Gasteiger charge is 2.87. The van der Waals surface area contributed by atoms with Crippen molar-refractivity contribution in [1.82, 2.24) is 5.32 Å². The highest BCUT2D eigenvalue weighted by Crippen LogP contribution is 2.57. The zero-order chi connectivity index (χ0) is 20.3. The van der Waals surface area contributed by atoms with Gasteiger partial charge >= 0.3 is 36.0 Å². The van der Waals surface area contributed by atoms with E-state index in [0.717, 1.165) is 0 Å².